The van der Waals surface area contributed by atoms with E-state index in [1.165, 1.54) is 19.4 Å². The Balaban J connectivity index is 2.38. The molecule has 1 unspecified atom stereocenters. The SMILES string of the molecule is CNC1CCN(CCCOC)C(C)(C)C1. The minimum absolute atomic E-state index is 0.333. The first-order chi connectivity index (χ1) is 7.10. The third-order valence-electron chi connectivity index (χ3n) is 3.53. The van der Waals surface area contributed by atoms with Gasteiger partial charge in [0.15, 0.2) is 0 Å². The summed E-state index contributed by atoms with van der Waals surface area (Å²) in [6, 6.07) is 0.693. The maximum atomic E-state index is 5.10. The van der Waals surface area contributed by atoms with Gasteiger partial charge in [0, 0.05) is 38.4 Å². The molecule has 0 aromatic carbocycles. The highest BCUT2D eigenvalue weighted by Crippen LogP contribution is 2.27. The smallest absolute Gasteiger partial charge is 0.0474 e. The minimum atomic E-state index is 0.333. The van der Waals surface area contributed by atoms with Crippen molar-refractivity contribution in [1.82, 2.24) is 10.2 Å². The molecule has 0 amide bonds. The van der Waals surface area contributed by atoms with Gasteiger partial charge in [-0.15, -0.1) is 0 Å². The first-order valence-electron chi connectivity index (χ1n) is 6.01. The molecule has 1 aliphatic rings. The fraction of sp³-hybridized carbons (Fsp3) is 1.00. The third-order valence-corrected chi connectivity index (χ3v) is 3.53. The van der Waals surface area contributed by atoms with E-state index in [2.05, 4.69) is 31.1 Å². The van der Waals surface area contributed by atoms with Crippen molar-refractivity contribution in [1.29, 1.82) is 0 Å². The van der Waals surface area contributed by atoms with Crippen molar-refractivity contribution in [3.63, 3.8) is 0 Å². The molecular weight excluding hydrogens is 188 g/mol. The van der Waals surface area contributed by atoms with Crippen LogP contribution in [0.2, 0.25) is 0 Å². The zero-order valence-electron chi connectivity index (χ0n) is 10.7. The first-order valence-corrected chi connectivity index (χ1v) is 6.01. The summed E-state index contributed by atoms with van der Waals surface area (Å²) in [4.78, 5) is 2.60. The molecule has 1 heterocycles. The van der Waals surface area contributed by atoms with Gasteiger partial charge in [-0.2, -0.15) is 0 Å². The molecule has 0 saturated carbocycles. The highest BCUT2D eigenvalue weighted by molar-refractivity contribution is 4.91. The fourth-order valence-electron chi connectivity index (χ4n) is 2.51. The molecule has 3 heteroatoms. The Morgan fingerprint density at radius 2 is 2.20 bits per heavy atom. The molecule has 0 spiro atoms. The Morgan fingerprint density at radius 3 is 2.73 bits per heavy atom. The standard InChI is InChI=1S/C12H26N2O/c1-12(2)10-11(13-3)6-8-14(12)7-5-9-15-4/h11,13H,5-10H2,1-4H3. The zero-order chi connectivity index (χ0) is 11.3. The molecular formula is C12H26N2O. The molecule has 0 aromatic rings. The fourth-order valence-corrected chi connectivity index (χ4v) is 2.51. The van der Waals surface area contributed by atoms with Gasteiger partial charge in [-0.05, 0) is 40.2 Å². The predicted octanol–water partition coefficient (Wildman–Crippen LogP) is 1.49. The third kappa shape index (κ3) is 3.74. The van der Waals surface area contributed by atoms with Crippen molar-refractivity contribution < 1.29 is 4.74 Å². The van der Waals surface area contributed by atoms with E-state index < -0.39 is 0 Å². The van der Waals surface area contributed by atoms with E-state index in [9.17, 15) is 0 Å². The number of methoxy groups -OCH3 is 1. The monoisotopic (exact) mass is 214 g/mol. The molecule has 15 heavy (non-hydrogen) atoms. The average molecular weight is 214 g/mol. The van der Waals surface area contributed by atoms with E-state index in [1.807, 2.05) is 0 Å². The Bertz CT molecular complexity index is 180. The average Bonchev–Trinajstić information content (AvgIpc) is 2.20. The highest BCUT2D eigenvalue weighted by atomic mass is 16.5. The van der Waals surface area contributed by atoms with Gasteiger partial charge in [0.25, 0.3) is 0 Å². The van der Waals surface area contributed by atoms with Crippen LogP contribution in [0.3, 0.4) is 0 Å². The van der Waals surface area contributed by atoms with Gasteiger partial charge in [0.2, 0.25) is 0 Å². The van der Waals surface area contributed by atoms with Crippen LogP contribution in [-0.2, 0) is 4.74 Å². The second-order valence-electron chi connectivity index (χ2n) is 5.12. The van der Waals surface area contributed by atoms with Gasteiger partial charge in [-0.1, -0.05) is 0 Å². The van der Waals surface area contributed by atoms with Crippen molar-refractivity contribution in [2.75, 3.05) is 33.9 Å². The molecule has 1 N–H and O–H groups in total. The van der Waals surface area contributed by atoms with Crippen LogP contribution >= 0.6 is 0 Å². The topological polar surface area (TPSA) is 24.5 Å². The molecule has 0 bridgehead atoms. The lowest BCUT2D eigenvalue weighted by molar-refractivity contribution is 0.0513. The normalized spacial score (nSPS) is 26.8. The molecule has 3 nitrogen and oxygen atoms in total. The molecule has 0 aliphatic carbocycles. The molecule has 90 valence electrons. The number of hydrogen-bond donors (Lipinski definition) is 1. The van der Waals surface area contributed by atoms with Crippen LogP contribution in [0.4, 0.5) is 0 Å². The zero-order valence-corrected chi connectivity index (χ0v) is 10.7. The molecule has 1 aliphatic heterocycles. The summed E-state index contributed by atoms with van der Waals surface area (Å²) in [5.74, 6) is 0. The number of piperidine rings is 1. The van der Waals surface area contributed by atoms with Gasteiger partial charge in [0.05, 0.1) is 0 Å². The van der Waals surface area contributed by atoms with E-state index in [0.29, 0.717) is 11.6 Å². The lowest BCUT2D eigenvalue weighted by Crippen LogP contribution is -2.54. The van der Waals surface area contributed by atoms with Crippen LogP contribution in [0.5, 0.6) is 0 Å². The van der Waals surface area contributed by atoms with Gasteiger partial charge in [-0.25, -0.2) is 0 Å². The van der Waals surface area contributed by atoms with Crippen LogP contribution in [-0.4, -0.2) is 50.3 Å². The van der Waals surface area contributed by atoms with Gasteiger partial charge in [-0.3, -0.25) is 4.90 Å². The van der Waals surface area contributed by atoms with Gasteiger partial charge >= 0.3 is 0 Å². The lowest BCUT2D eigenvalue weighted by atomic mass is 9.87. The predicted molar refractivity (Wildman–Crippen MR) is 64.2 cm³/mol. The quantitative estimate of drug-likeness (QED) is 0.702. The molecule has 1 fully saturated rings. The van der Waals surface area contributed by atoms with Crippen LogP contribution < -0.4 is 5.32 Å². The van der Waals surface area contributed by atoms with Crippen molar-refractivity contribution in [3.8, 4) is 0 Å². The van der Waals surface area contributed by atoms with Crippen LogP contribution in [0, 0.1) is 0 Å². The number of hydrogen-bond acceptors (Lipinski definition) is 3. The Morgan fingerprint density at radius 1 is 1.47 bits per heavy atom. The van der Waals surface area contributed by atoms with E-state index in [0.717, 1.165) is 19.6 Å². The Hall–Kier alpha value is -0.120. The van der Waals surface area contributed by atoms with E-state index in [4.69, 9.17) is 4.74 Å². The molecule has 1 rings (SSSR count). The minimum Gasteiger partial charge on any atom is -0.385 e. The van der Waals surface area contributed by atoms with Crippen molar-refractivity contribution >= 4 is 0 Å². The van der Waals surface area contributed by atoms with Gasteiger partial charge < -0.3 is 10.1 Å². The highest BCUT2D eigenvalue weighted by Gasteiger charge is 2.33. The second-order valence-corrected chi connectivity index (χ2v) is 5.12. The summed E-state index contributed by atoms with van der Waals surface area (Å²) in [5.41, 5.74) is 0.333. The second kappa shape index (κ2) is 5.83. The summed E-state index contributed by atoms with van der Waals surface area (Å²) >= 11 is 0. The van der Waals surface area contributed by atoms with E-state index in [-0.39, 0.29) is 0 Å². The van der Waals surface area contributed by atoms with Crippen molar-refractivity contribution in [3.05, 3.63) is 0 Å². The van der Waals surface area contributed by atoms with Crippen LogP contribution in [0.15, 0.2) is 0 Å². The van der Waals surface area contributed by atoms with Crippen LogP contribution in [0.1, 0.15) is 33.1 Å². The molecule has 1 atom stereocenters. The number of ether oxygens (including phenoxy) is 1. The molecule has 0 radical (unpaired) electrons. The summed E-state index contributed by atoms with van der Waals surface area (Å²) in [6.45, 7) is 7.95. The summed E-state index contributed by atoms with van der Waals surface area (Å²) in [5, 5.41) is 3.40. The first kappa shape index (κ1) is 12.9. The number of nitrogens with zero attached hydrogens (tertiary/aromatic N) is 1. The summed E-state index contributed by atoms with van der Waals surface area (Å²) < 4.78 is 5.10. The van der Waals surface area contributed by atoms with Crippen LogP contribution in [0.25, 0.3) is 0 Å². The van der Waals surface area contributed by atoms with E-state index in [1.54, 1.807) is 7.11 Å². The number of nitrogens with one attached hydrogen (secondary N) is 1. The van der Waals surface area contributed by atoms with Gasteiger partial charge in [0.1, 0.15) is 0 Å². The Labute approximate surface area is 94.2 Å². The van der Waals surface area contributed by atoms with Crippen molar-refractivity contribution in [2.24, 2.45) is 0 Å². The largest absolute Gasteiger partial charge is 0.385 e. The van der Waals surface area contributed by atoms with E-state index >= 15 is 0 Å². The molecule has 1 saturated heterocycles. The number of likely N-dealkylation sites (tertiary alicyclic amines) is 1. The van der Waals surface area contributed by atoms with Crippen molar-refractivity contribution in [2.45, 2.75) is 44.7 Å². The molecule has 0 aromatic heterocycles. The summed E-state index contributed by atoms with van der Waals surface area (Å²) in [6.07, 6.45) is 3.66. The maximum Gasteiger partial charge on any atom is 0.0474 e. The number of rotatable bonds is 5. The summed E-state index contributed by atoms with van der Waals surface area (Å²) in [7, 11) is 3.85. The lowest BCUT2D eigenvalue weighted by Gasteiger charge is -2.45. The maximum absolute atomic E-state index is 5.10. The Kier molecular flexibility index (Phi) is 5.03.